The van der Waals surface area contributed by atoms with Gasteiger partial charge < -0.3 is 19.2 Å². The summed E-state index contributed by atoms with van der Waals surface area (Å²) in [6, 6.07) is 32.3. The Morgan fingerprint density at radius 1 is 0.393 bits per heavy atom. The van der Waals surface area contributed by atoms with Gasteiger partial charge in [0.2, 0.25) is 0 Å². The quantitative estimate of drug-likeness (QED) is 0.466. The van der Waals surface area contributed by atoms with E-state index in [1.807, 2.05) is 27.2 Å². The molecule has 0 heterocycles. The molecule has 0 N–H and O–H groups in total. The second kappa shape index (κ2) is 22.3. The van der Waals surface area contributed by atoms with Crippen LogP contribution in [0.3, 0.4) is 0 Å². The van der Waals surface area contributed by atoms with Crippen LogP contribution in [-0.4, -0.2) is 27.2 Å². The standard InChI is InChI=1S/C18H15P.4CH2O.Fe/c1-4-10-16(11-5-1)19(17-12-6-2-7-13-17)18-14-8-3-9-15-18;4*1-2;/h1-15H;4*1H2;. The van der Waals surface area contributed by atoms with Crippen molar-refractivity contribution in [3.63, 3.8) is 0 Å². The number of carbonyl (C=O) groups is 4. The van der Waals surface area contributed by atoms with Crippen LogP contribution in [0.4, 0.5) is 0 Å². The van der Waals surface area contributed by atoms with Gasteiger partial charge in [0.25, 0.3) is 0 Å². The van der Waals surface area contributed by atoms with Crippen LogP contribution in [-0.2, 0) is 36.2 Å². The van der Waals surface area contributed by atoms with E-state index in [1.165, 1.54) is 15.9 Å². The first kappa shape index (κ1) is 30.0. The first-order valence-corrected chi connectivity index (χ1v) is 8.90. The van der Waals surface area contributed by atoms with Gasteiger partial charge in [-0.15, -0.1) is 0 Å². The topological polar surface area (TPSA) is 68.3 Å². The number of hydrogen-bond donors (Lipinski definition) is 0. The van der Waals surface area contributed by atoms with Crippen molar-refractivity contribution in [3.8, 4) is 0 Å². The van der Waals surface area contributed by atoms with E-state index in [0.717, 1.165) is 0 Å². The van der Waals surface area contributed by atoms with Crippen molar-refractivity contribution in [3.05, 3.63) is 91.0 Å². The van der Waals surface area contributed by atoms with Gasteiger partial charge in [0.1, 0.15) is 27.2 Å². The fourth-order valence-corrected chi connectivity index (χ4v) is 4.48. The van der Waals surface area contributed by atoms with Crippen molar-refractivity contribution in [1.82, 2.24) is 0 Å². The summed E-state index contributed by atoms with van der Waals surface area (Å²) in [4.78, 5) is 32.0. The van der Waals surface area contributed by atoms with Crippen molar-refractivity contribution < 1.29 is 36.2 Å². The summed E-state index contributed by atoms with van der Waals surface area (Å²) in [5.74, 6) is 0. The first-order chi connectivity index (χ1) is 13.4. The number of rotatable bonds is 3. The van der Waals surface area contributed by atoms with Crippen molar-refractivity contribution in [2.45, 2.75) is 0 Å². The van der Waals surface area contributed by atoms with Gasteiger partial charge in [-0.2, -0.15) is 0 Å². The van der Waals surface area contributed by atoms with Crippen LogP contribution in [0.25, 0.3) is 0 Å². The maximum Gasteiger partial charge on any atom is 0.106 e. The monoisotopic (exact) mass is 438 g/mol. The fraction of sp³-hybridized carbons (Fsp3) is 0. The van der Waals surface area contributed by atoms with Crippen LogP contribution in [0, 0.1) is 0 Å². The Morgan fingerprint density at radius 2 is 0.571 bits per heavy atom. The minimum atomic E-state index is -0.446. The maximum absolute atomic E-state index is 8.00. The third-order valence-electron chi connectivity index (χ3n) is 3.04. The molecule has 3 aromatic rings. The normalized spacial score (nSPS) is 7.75. The Morgan fingerprint density at radius 3 is 0.750 bits per heavy atom. The molecule has 0 fully saturated rings. The van der Waals surface area contributed by atoms with E-state index >= 15 is 0 Å². The van der Waals surface area contributed by atoms with Crippen LogP contribution >= 0.6 is 7.92 Å². The Labute approximate surface area is 178 Å². The fourth-order valence-electron chi connectivity index (χ4n) is 2.18. The van der Waals surface area contributed by atoms with E-state index in [0.29, 0.717) is 0 Å². The molecule has 0 aliphatic carbocycles. The summed E-state index contributed by atoms with van der Waals surface area (Å²) in [5, 5.41) is 4.19. The molecule has 0 bridgehead atoms. The molecule has 0 aliphatic rings. The average molecular weight is 438 g/mol. The molecule has 3 rings (SSSR count). The third kappa shape index (κ3) is 10.4. The molecular formula is C22H23FeO4P. The second-order valence-electron chi connectivity index (χ2n) is 4.34. The molecule has 0 atom stereocenters. The summed E-state index contributed by atoms with van der Waals surface area (Å²) in [6.45, 7) is 8.00. The molecule has 0 saturated carbocycles. The molecule has 0 radical (unpaired) electrons. The molecule has 6 heteroatoms. The van der Waals surface area contributed by atoms with Gasteiger partial charge in [-0.3, -0.25) is 0 Å². The van der Waals surface area contributed by atoms with Gasteiger partial charge in [-0.1, -0.05) is 91.0 Å². The summed E-state index contributed by atoms with van der Waals surface area (Å²) < 4.78 is 0. The molecule has 28 heavy (non-hydrogen) atoms. The van der Waals surface area contributed by atoms with Crippen LogP contribution in [0.15, 0.2) is 91.0 Å². The molecule has 0 saturated heterocycles. The zero-order valence-corrected chi connectivity index (χ0v) is 17.4. The smallest absolute Gasteiger partial charge is 0.106 e. The van der Waals surface area contributed by atoms with Crippen molar-refractivity contribution in [1.29, 1.82) is 0 Å². The molecule has 0 spiro atoms. The van der Waals surface area contributed by atoms with Gasteiger partial charge in [0.05, 0.1) is 0 Å². The molecule has 0 unspecified atom stereocenters. The Balaban J connectivity index is -0.000000622. The zero-order chi connectivity index (χ0) is 20.9. The van der Waals surface area contributed by atoms with E-state index in [-0.39, 0.29) is 17.1 Å². The van der Waals surface area contributed by atoms with Crippen LogP contribution in [0.1, 0.15) is 0 Å². The first-order valence-electron chi connectivity index (χ1n) is 7.56. The minimum absolute atomic E-state index is 0. The predicted octanol–water partition coefficient (Wildman–Crippen LogP) is 2.70. The SMILES string of the molecule is C=O.C=O.C=O.C=O.[Fe].c1ccc(P(c2ccccc2)c2ccccc2)cc1. The summed E-state index contributed by atoms with van der Waals surface area (Å²) in [6.07, 6.45) is 0. The Hall–Kier alpha value is -2.71. The molecule has 148 valence electrons. The number of hydrogen-bond acceptors (Lipinski definition) is 4. The van der Waals surface area contributed by atoms with Crippen molar-refractivity contribution in [2.75, 3.05) is 0 Å². The molecule has 4 nitrogen and oxygen atoms in total. The second-order valence-corrected chi connectivity index (χ2v) is 6.56. The van der Waals surface area contributed by atoms with Gasteiger partial charge in [-0.25, -0.2) is 0 Å². The predicted molar refractivity (Wildman–Crippen MR) is 114 cm³/mol. The van der Waals surface area contributed by atoms with Crippen molar-refractivity contribution >= 4 is 51.0 Å². The van der Waals surface area contributed by atoms with Gasteiger partial charge in [0.15, 0.2) is 0 Å². The Kier molecular flexibility index (Phi) is 24.0. The van der Waals surface area contributed by atoms with E-state index in [9.17, 15) is 0 Å². The largest absolute Gasteiger partial charge is 0.307 e. The summed E-state index contributed by atoms with van der Waals surface area (Å²) in [7, 11) is -0.446. The summed E-state index contributed by atoms with van der Waals surface area (Å²) >= 11 is 0. The summed E-state index contributed by atoms with van der Waals surface area (Å²) in [5.41, 5.74) is 0. The van der Waals surface area contributed by atoms with Crippen LogP contribution < -0.4 is 15.9 Å². The van der Waals surface area contributed by atoms with E-state index in [4.69, 9.17) is 19.2 Å². The molecule has 0 aromatic heterocycles. The molecule has 0 aliphatic heterocycles. The Bertz CT molecular complexity index is 598. The van der Waals surface area contributed by atoms with E-state index in [2.05, 4.69) is 91.0 Å². The molecule has 3 aromatic carbocycles. The van der Waals surface area contributed by atoms with Gasteiger partial charge >= 0.3 is 0 Å². The van der Waals surface area contributed by atoms with E-state index in [1.54, 1.807) is 0 Å². The average Bonchev–Trinajstić information content (AvgIpc) is 2.82. The number of carbonyl (C=O) groups excluding carboxylic acids is 4. The molecular weight excluding hydrogens is 415 g/mol. The zero-order valence-electron chi connectivity index (χ0n) is 15.4. The molecule has 0 amide bonds. The van der Waals surface area contributed by atoms with Crippen LogP contribution in [0.2, 0.25) is 0 Å². The third-order valence-corrected chi connectivity index (χ3v) is 5.49. The van der Waals surface area contributed by atoms with E-state index < -0.39 is 7.92 Å². The van der Waals surface area contributed by atoms with Crippen LogP contribution in [0.5, 0.6) is 0 Å². The van der Waals surface area contributed by atoms with Gasteiger partial charge in [-0.05, 0) is 23.8 Å². The number of benzene rings is 3. The van der Waals surface area contributed by atoms with Gasteiger partial charge in [0, 0.05) is 17.1 Å². The minimum Gasteiger partial charge on any atom is -0.307 e. The maximum atomic E-state index is 8.00. The van der Waals surface area contributed by atoms with Crippen molar-refractivity contribution in [2.24, 2.45) is 0 Å².